The van der Waals surface area contributed by atoms with Crippen molar-refractivity contribution >= 4 is 0 Å². The van der Waals surface area contributed by atoms with Crippen LogP contribution in [0.15, 0.2) is 34.9 Å². The third-order valence-electron chi connectivity index (χ3n) is 5.24. The lowest BCUT2D eigenvalue weighted by molar-refractivity contribution is -0.0106. The van der Waals surface area contributed by atoms with Crippen molar-refractivity contribution in [1.29, 1.82) is 0 Å². The monoisotopic (exact) mass is 327 g/mol. The zero-order valence-electron chi connectivity index (χ0n) is 14.1. The summed E-state index contributed by atoms with van der Waals surface area (Å²) in [6.45, 7) is 3.05. The van der Waals surface area contributed by atoms with E-state index in [1.807, 2.05) is 30.3 Å². The predicted octanol–water partition coefficient (Wildman–Crippen LogP) is 3.31. The van der Waals surface area contributed by atoms with Crippen LogP contribution in [0.4, 0.5) is 0 Å². The Bertz CT molecular complexity index is 631. The van der Waals surface area contributed by atoms with E-state index in [-0.39, 0.29) is 0 Å². The maximum Gasteiger partial charge on any atom is 0.257 e. The summed E-state index contributed by atoms with van der Waals surface area (Å²) in [5.41, 5.74) is 0.959. The molecule has 4 rings (SSSR count). The second kappa shape index (κ2) is 7.45. The van der Waals surface area contributed by atoms with Crippen LogP contribution in [0.3, 0.4) is 0 Å². The molecule has 2 fully saturated rings. The normalized spacial score (nSPS) is 20.2. The summed E-state index contributed by atoms with van der Waals surface area (Å²) in [7, 11) is 0. The number of likely N-dealkylation sites (tertiary alicyclic amines) is 1. The Kier molecular flexibility index (Phi) is 4.90. The van der Waals surface area contributed by atoms with E-state index in [0.29, 0.717) is 25.0 Å². The summed E-state index contributed by atoms with van der Waals surface area (Å²) in [4.78, 5) is 7.10. The highest BCUT2D eigenvalue weighted by molar-refractivity contribution is 5.51. The Balaban J connectivity index is 1.20. The maximum absolute atomic E-state index is 6.03. The van der Waals surface area contributed by atoms with Crippen molar-refractivity contribution in [3.05, 3.63) is 36.2 Å². The van der Waals surface area contributed by atoms with E-state index in [2.05, 4.69) is 15.0 Å². The number of hydrogen-bond acceptors (Lipinski definition) is 5. The molecule has 1 saturated carbocycles. The third-order valence-corrected chi connectivity index (χ3v) is 5.24. The topological polar surface area (TPSA) is 51.4 Å². The summed E-state index contributed by atoms with van der Waals surface area (Å²) in [6.07, 6.45) is 7.61. The second-order valence-electron chi connectivity index (χ2n) is 6.82. The first kappa shape index (κ1) is 15.8. The number of aromatic nitrogens is 2. The fourth-order valence-electron chi connectivity index (χ4n) is 3.53. The molecule has 2 aliphatic rings. The molecule has 1 aromatic heterocycles. The average Bonchev–Trinajstić information content (AvgIpc) is 3.05. The van der Waals surface area contributed by atoms with Crippen molar-refractivity contribution in [2.45, 2.75) is 50.7 Å². The van der Waals surface area contributed by atoms with Crippen molar-refractivity contribution in [3.63, 3.8) is 0 Å². The summed E-state index contributed by atoms with van der Waals surface area (Å²) in [5, 5.41) is 4.05. The molecule has 0 unspecified atom stereocenters. The number of nitrogens with zero attached hydrogens (tertiary/aromatic N) is 3. The molecular weight excluding hydrogens is 302 g/mol. The minimum absolute atomic E-state index is 0.391. The van der Waals surface area contributed by atoms with Crippen molar-refractivity contribution in [3.8, 4) is 11.5 Å². The van der Waals surface area contributed by atoms with Gasteiger partial charge in [-0.15, -0.1) is 0 Å². The van der Waals surface area contributed by atoms with Crippen molar-refractivity contribution in [2.24, 2.45) is 0 Å². The van der Waals surface area contributed by atoms with Gasteiger partial charge in [0.1, 0.15) is 0 Å². The first-order valence-electron chi connectivity index (χ1n) is 9.12. The van der Waals surface area contributed by atoms with E-state index < -0.39 is 0 Å². The zero-order valence-corrected chi connectivity index (χ0v) is 14.1. The van der Waals surface area contributed by atoms with Gasteiger partial charge in [0.25, 0.3) is 5.89 Å². The largest absolute Gasteiger partial charge is 0.378 e. The lowest BCUT2D eigenvalue weighted by Crippen LogP contribution is -2.46. The average molecular weight is 327 g/mol. The Morgan fingerprint density at radius 1 is 1.08 bits per heavy atom. The van der Waals surface area contributed by atoms with Crippen LogP contribution in [0, 0.1) is 0 Å². The van der Waals surface area contributed by atoms with Gasteiger partial charge in [0.05, 0.1) is 12.7 Å². The molecule has 0 amide bonds. The smallest absolute Gasteiger partial charge is 0.257 e. The second-order valence-corrected chi connectivity index (χ2v) is 6.82. The third kappa shape index (κ3) is 3.68. The van der Waals surface area contributed by atoms with Gasteiger partial charge in [0.2, 0.25) is 0 Å². The molecule has 0 bridgehead atoms. The number of benzene rings is 1. The van der Waals surface area contributed by atoms with Gasteiger partial charge in [0, 0.05) is 31.1 Å². The highest BCUT2D eigenvalue weighted by Crippen LogP contribution is 2.28. The lowest BCUT2D eigenvalue weighted by Gasteiger charge is -2.41. The van der Waals surface area contributed by atoms with E-state index in [1.54, 1.807) is 0 Å². The summed E-state index contributed by atoms with van der Waals surface area (Å²) in [6, 6.07) is 10.7. The fraction of sp³-hybridized carbons (Fsp3) is 0.579. The van der Waals surface area contributed by atoms with E-state index in [0.717, 1.165) is 30.3 Å². The molecule has 24 heavy (non-hydrogen) atoms. The number of hydrogen-bond donors (Lipinski definition) is 0. The molecule has 0 atom stereocenters. The molecule has 0 radical (unpaired) electrons. The maximum atomic E-state index is 6.03. The van der Waals surface area contributed by atoms with Gasteiger partial charge in [0.15, 0.2) is 5.82 Å². The Morgan fingerprint density at radius 3 is 2.58 bits per heavy atom. The quantitative estimate of drug-likeness (QED) is 0.815. The van der Waals surface area contributed by atoms with Crippen LogP contribution >= 0.6 is 0 Å². The number of piperidine rings is 1. The molecule has 5 nitrogen and oxygen atoms in total. The lowest BCUT2D eigenvalue weighted by atomic mass is 9.90. The molecule has 128 valence electrons. The summed E-state index contributed by atoms with van der Waals surface area (Å²) < 4.78 is 11.4. The van der Waals surface area contributed by atoms with E-state index in [9.17, 15) is 0 Å². The first-order valence-corrected chi connectivity index (χ1v) is 9.12. The summed E-state index contributed by atoms with van der Waals surface area (Å²) in [5.74, 6) is 1.31. The highest BCUT2D eigenvalue weighted by atomic mass is 16.5. The van der Waals surface area contributed by atoms with E-state index >= 15 is 0 Å². The van der Waals surface area contributed by atoms with Gasteiger partial charge in [-0.1, -0.05) is 29.8 Å². The van der Waals surface area contributed by atoms with Gasteiger partial charge < -0.3 is 14.2 Å². The van der Waals surface area contributed by atoms with Crippen LogP contribution in [0.25, 0.3) is 11.5 Å². The molecule has 1 aliphatic carbocycles. The van der Waals surface area contributed by atoms with Crippen LogP contribution in [0.1, 0.15) is 37.9 Å². The highest BCUT2D eigenvalue weighted by Gasteiger charge is 2.28. The van der Waals surface area contributed by atoms with Crippen LogP contribution in [0.2, 0.25) is 0 Å². The SMILES string of the molecule is c1ccc(-c2nc(CCOC3CCN(C4CCC4)CC3)no2)cc1. The van der Waals surface area contributed by atoms with Crippen LogP contribution < -0.4 is 0 Å². The standard InChI is InChI=1S/C19H25N3O2/c1-2-5-15(6-3-1)19-20-18(21-24-19)11-14-23-17-9-12-22(13-10-17)16-7-4-8-16/h1-3,5-6,16-17H,4,7-14H2. The van der Waals surface area contributed by atoms with Gasteiger partial charge in [-0.2, -0.15) is 4.98 Å². The van der Waals surface area contributed by atoms with Gasteiger partial charge in [-0.3, -0.25) is 0 Å². The minimum atomic E-state index is 0.391. The minimum Gasteiger partial charge on any atom is -0.378 e. The van der Waals surface area contributed by atoms with Crippen LogP contribution in [0.5, 0.6) is 0 Å². The van der Waals surface area contributed by atoms with Crippen LogP contribution in [-0.4, -0.2) is 46.9 Å². The first-order chi connectivity index (χ1) is 11.9. The molecule has 0 spiro atoms. The van der Waals surface area contributed by atoms with Gasteiger partial charge in [-0.05, 0) is 37.8 Å². The Labute approximate surface area is 143 Å². The predicted molar refractivity (Wildman–Crippen MR) is 91.6 cm³/mol. The van der Waals surface area contributed by atoms with Crippen molar-refractivity contribution in [2.75, 3.05) is 19.7 Å². The molecule has 2 aromatic rings. The van der Waals surface area contributed by atoms with Crippen molar-refractivity contribution < 1.29 is 9.26 Å². The molecule has 1 saturated heterocycles. The molecule has 5 heteroatoms. The Morgan fingerprint density at radius 2 is 1.88 bits per heavy atom. The Hall–Kier alpha value is -1.72. The van der Waals surface area contributed by atoms with E-state index in [4.69, 9.17) is 9.26 Å². The van der Waals surface area contributed by atoms with Crippen LogP contribution in [-0.2, 0) is 11.2 Å². The summed E-state index contributed by atoms with van der Waals surface area (Å²) >= 11 is 0. The molecule has 0 N–H and O–H groups in total. The van der Waals surface area contributed by atoms with Gasteiger partial charge in [-0.25, -0.2) is 0 Å². The fourth-order valence-corrected chi connectivity index (χ4v) is 3.53. The van der Waals surface area contributed by atoms with Gasteiger partial charge >= 0.3 is 0 Å². The zero-order chi connectivity index (χ0) is 16.2. The van der Waals surface area contributed by atoms with Crippen molar-refractivity contribution in [1.82, 2.24) is 15.0 Å². The number of rotatable bonds is 6. The molecule has 1 aromatic carbocycles. The van der Waals surface area contributed by atoms with E-state index in [1.165, 1.54) is 32.4 Å². The molecule has 2 heterocycles. The number of ether oxygens (including phenoxy) is 1. The molecular formula is C19H25N3O2. The molecule has 1 aliphatic heterocycles.